The molecular weight excluding hydrogens is 655 g/mol. The summed E-state index contributed by atoms with van der Waals surface area (Å²) in [5.41, 5.74) is 0.848. The fraction of sp³-hybridized carbons (Fsp3) is 0.375. The van der Waals surface area contributed by atoms with E-state index < -0.39 is 13.2 Å². The number of phenols is 1. The van der Waals surface area contributed by atoms with E-state index in [1.165, 1.54) is 93.0 Å². The normalized spacial score (nSPS) is 11.1. The number of phenolic OH excluding ortho intramolecular Hbond substituents is 1. The predicted molar refractivity (Wildman–Crippen MR) is 190 cm³/mol. The van der Waals surface area contributed by atoms with Gasteiger partial charge in [0.25, 0.3) is 0 Å². The largest absolute Gasteiger partial charge is 1.00 e. The summed E-state index contributed by atoms with van der Waals surface area (Å²) in [5, 5.41) is 14.6. The molecule has 4 aromatic rings. The van der Waals surface area contributed by atoms with Gasteiger partial charge < -0.3 is 31.6 Å². The van der Waals surface area contributed by atoms with Crippen LogP contribution in [0.3, 0.4) is 0 Å². The highest BCUT2D eigenvalue weighted by molar-refractivity contribution is 7.95. The van der Waals surface area contributed by atoms with E-state index in [0.717, 1.165) is 12.8 Å². The van der Waals surface area contributed by atoms with Crippen molar-refractivity contribution in [3.05, 3.63) is 114 Å². The van der Waals surface area contributed by atoms with Crippen molar-refractivity contribution in [2.24, 2.45) is 0 Å². The van der Waals surface area contributed by atoms with Crippen LogP contribution in [-0.4, -0.2) is 31.0 Å². The van der Waals surface area contributed by atoms with Crippen molar-refractivity contribution in [1.29, 1.82) is 0 Å². The Balaban J connectivity index is 0.00000576. The number of halogens is 1. The van der Waals surface area contributed by atoms with Gasteiger partial charge in [0.15, 0.2) is 0 Å². The molecule has 4 aromatic carbocycles. The van der Waals surface area contributed by atoms with Gasteiger partial charge in [0.2, 0.25) is 0 Å². The lowest BCUT2D eigenvalue weighted by Crippen LogP contribution is -3.00. The molecule has 0 atom stereocenters. The van der Waals surface area contributed by atoms with E-state index in [1.807, 2.05) is 0 Å². The van der Waals surface area contributed by atoms with Crippen LogP contribution in [0, 0.1) is 6.92 Å². The maximum absolute atomic E-state index is 11.8. The second kappa shape index (κ2) is 20.2. The average molecular weight is 706 g/mol. The maximum atomic E-state index is 11.8. The summed E-state index contributed by atoms with van der Waals surface area (Å²) in [7, 11) is -0.392. The molecule has 46 heavy (non-hydrogen) atoms. The first kappa shape index (κ1) is 37.3. The van der Waals surface area contributed by atoms with Crippen LogP contribution in [0.2, 0.25) is 0 Å². The molecule has 0 radical (unpaired) electrons. The zero-order valence-electron chi connectivity index (χ0n) is 27.5. The summed E-state index contributed by atoms with van der Waals surface area (Å²) < 4.78 is 10.5. The molecule has 0 heterocycles. The first-order valence-corrected chi connectivity index (χ1v) is 18.6. The third-order valence-corrected chi connectivity index (χ3v) is 13.2. The molecule has 4 nitrogen and oxygen atoms in total. The molecule has 0 saturated carbocycles. The number of aryl methyl sites for hydroxylation is 1. The van der Waals surface area contributed by atoms with Crippen LogP contribution in [-0.2, 0) is 4.74 Å². The lowest BCUT2D eigenvalue weighted by atomic mass is 10.1. The third-order valence-electron chi connectivity index (χ3n) is 8.68. The standard InChI is InChI=1S/C40H49O4P.BrH/c1-33-31-34(32-38(41)39(33)40(42)43-2)44-29-21-10-8-6-4-3-5-7-9-11-22-30-45(35-23-15-12-16-24-35,36-25-17-13-18-26-36)37-27-19-14-20-28-37;/h12-20,23-28,31-32H,3-11,21-22,29-30H2,1-2H3;1H. The van der Waals surface area contributed by atoms with Crippen molar-refractivity contribution in [2.45, 2.75) is 77.6 Å². The monoisotopic (exact) mass is 704 g/mol. The van der Waals surface area contributed by atoms with Gasteiger partial charge in [-0.25, -0.2) is 4.79 Å². The number of aromatic hydroxyl groups is 1. The third kappa shape index (κ3) is 10.4. The Kier molecular flexibility index (Phi) is 16.4. The zero-order chi connectivity index (χ0) is 31.7. The molecule has 0 aliphatic heterocycles. The van der Waals surface area contributed by atoms with Crippen LogP contribution in [0.15, 0.2) is 103 Å². The average Bonchev–Trinajstić information content (AvgIpc) is 3.07. The van der Waals surface area contributed by atoms with Crippen molar-refractivity contribution < 1.29 is 36.4 Å². The SMILES string of the molecule is COC(=O)c1c(C)cc(OCCCCCCCCCCCCC[P+](c2ccccc2)(c2ccccc2)c2ccccc2)cc1O.[Br-]. The van der Waals surface area contributed by atoms with Gasteiger partial charge in [0, 0.05) is 6.07 Å². The van der Waals surface area contributed by atoms with Gasteiger partial charge in [-0.15, -0.1) is 0 Å². The number of benzene rings is 4. The Labute approximate surface area is 287 Å². The second-order valence-electron chi connectivity index (χ2n) is 11.9. The summed E-state index contributed by atoms with van der Waals surface area (Å²) in [6.07, 6.45) is 14.9. The van der Waals surface area contributed by atoms with Gasteiger partial charge in [-0.05, 0) is 74.2 Å². The van der Waals surface area contributed by atoms with E-state index >= 15 is 0 Å². The fourth-order valence-electron chi connectivity index (χ4n) is 6.30. The van der Waals surface area contributed by atoms with E-state index in [-0.39, 0.29) is 28.3 Å². The minimum Gasteiger partial charge on any atom is -1.00 e. The molecule has 0 amide bonds. The van der Waals surface area contributed by atoms with Crippen molar-refractivity contribution in [3.8, 4) is 11.5 Å². The van der Waals surface area contributed by atoms with Crippen LogP contribution in [0.25, 0.3) is 0 Å². The van der Waals surface area contributed by atoms with Crippen molar-refractivity contribution in [3.63, 3.8) is 0 Å². The topological polar surface area (TPSA) is 55.8 Å². The molecule has 6 heteroatoms. The zero-order valence-corrected chi connectivity index (χ0v) is 30.0. The molecule has 0 fully saturated rings. The maximum Gasteiger partial charge on any atom is 0.341 e. The van der Waals surface area contributed by atoms with Crippen LogP contribution in [0.1, 0.15) is 86.6 Å². The lowest BCUT2D eigenvalue weighted by molar-refractivity contribution is -0.0000263. The highest BCUT2D eigenvalue weighted by Crippen LogP contribution is 2.56. The molecule has 0 aliphatic carbocycles. The Bertz CT molecular complexity index is 1310. The van der Waals surface area contributed by atoms with Crippen LogP contribution >= 0.6 is 7.26 Å². The van der Waals surface area contributed by atoms with E-state index in [0.29, 0.717) is 17.9 Å². The first-order chi connectivity index (χ1) is 22.1. The number of esters is 1. The number of hydrogen-bond acceptors (Lipinski definition) is 4. The summed E-state index contributed by atoms with van der Waals surface area (Å²) in [6, 6.07) is 36.9. The van der Waals surface area contributed by atoms with E-state index in [4.69, 9.17) is 9.47 Å². The fourth-order valence-corrected chi connectivity index (χ4v) is 10.7. The van der Waals surface area contributed by atoms with Gasteiger partial charge in [0.05, 0.1) is 19.9 Å². The molecule has 0 aromatic heterocycles. The Morgan fingerprint density at radius 1 is 0.630 bits per heavy atom. The molecule has 0 spiro atoms. The van der Waals surface area contributed by atoms with Crippen molar-refractivity contribution >= 4 is 29.1 Å². The minimum absolute atomic E-state index is 0. The summed E-state index contributed by atoms with van der Waals surface area (Å²) in [5.74, 6) is -0.0475. The number of carbonyl (C=O) groups excluding carboxylic acids is 1. The molecule has 0 unspecified atom stereocenters. The minimum atomic E-state index is -1.70. The number of carbonyl (C=O) groups is 1. The highest BCUT2D eigenvalue weighted by Gasteiger charge is 2.44. The Morgan fingerprint density at radius 2 is 1.04 bits per heavy atom. The Hall–Kier alpha value is -3.14. The molecule has 0 saturated heterocycles. The van der Waals surface area contributed by atoms with Gasteiger partial charge in [-0.3, -0.25) is 0 Å². The molecular formula is C40H50BrO4P. The van der Waals surface area contributed by atoms with Crippen molar-refractivity contribution in [1.82, 2.24) is 0 Å². The van der Waals surface area contributed by atoms with E-state index in [2.05, 4.69) is 91.0 Å². The summed E-state index contributed by atoms with van der Waals surface area (Å²) in [6.45, 7) is 2.38. The van der Waals surface area contributed by atoms with Gasteiger partial charge >= 0.3 is 5.97 Å². The lowest BCUT2D eigenvalue weighted by Gasteiger charge is -2.27. The van der Waals surface area contributed by atoms with Gasteiger partial charge in [0.1, 0.15) is 40.2 Å². The van der Waals surface area contributed by atoms with Gasteiger partial charge in [-0.1, -0.05) is 106 Å². The number of hydrogen-bond donors (Lipinski definition) is 1. The van der Waals surface area contributed by atoms with Gasteiger partial charge in [-0.2, -0.15) is 0 Å². The van der Waals surface area contributed by atoms with Crippen molar-refractivity contribution in [2.75, 3.05) is 19.9 Å². The molecule has 0 bridgehead atoms. The smallest absolute Gasteiger partial charge is 0.341 e. The van der Waals surface area contributed by atoms with E-state index in [9.17, 15) is 9.90 Å². The first-order valence-electron chi connectivity index (χ1n) is 16.7. The summed E-state index contributed by atoms with van der Waals surface area (Å²) >= 11 is 0. The molecule has 1 N–H and O–H groups in total. The quantitative estimate of drug-likeness (QED) is 0.0723. The number of rotatable bonds is 19. The van der Waals surface area contributed by atoms with Crippen LogP contribution < -0.4 is 37.6 Å². The molecule has 4 rings (SSSR count). The molecule has 246 valence electrons. The predicted octanol–water partition coefficient (Wildman–Crippen LogP) is 6.16. The second-order valence-corrected chi connectivity index (χ2v) is 15.5. The van der Waals surface area contributed by atoms with Crippen LogP contribution in [0.4, 0.5) is 0 Å². The number of methoxy groups -OCH3 is 1. The summed E-state index contributed by atoms with van der Waals surface area (Å²) in [4.78, 5) is 11.8. The van der Waals surface area contributed by atoms with Crippen LogP contribution in [0.5, 0.6) is 11.5 Å². The van der Waals surface area contributed by atoms with E-state index in [1.54, 1.807) is 13.0 Å². The Morgan fingerprint density at radius 3 is 1.46 bits per heavy atom. The highest BCUT2D eigenvalue weighted by atomic mass is 79.9. The number of ether oxygens (including phenoxy) is 2. The number of unbranched alkanes of at least 4 members (excludes halogenated alkanes) is 10. The molecule has 0 aliphatic rings.